The van der Waals surface area contributed by atoms with Gasteiger partial charge in [0.25, 0.3) is 0 Å². The Hall–Kier alpha value is -0.470. The average Bonchev–Trinajstić information content (AvgIpc) is 2.84. The van der Waals surface area contributed by atoms with Crippen LogP contribution in [0.1, 0.15) is 20.3 Å². The highest BCUT2D eigenvalue weighted by Crippen LogP contribution is 2.63. The first-order valence-corrected chi connectivity index (χ1v) is 6.96. The fourth-order valence-corrected chi connectivity index (χ4v) is 4.55. The second-order valence-electron chi connectivity index (χ2n) is 6.65. The van der Waals surface area contributed by atoms with Gasteiger partial charge in [0.05, 0.1) is 6.10 Å². The lowest BCUT2D eigenvalue weighted by molar-refractivity contribution is -0.480. The van der Waals surface area contributed by atoms with E-state index in [1.54, 1.807) is 0 Å². The van der Waals surface area contributed by atoms with E-state index in [0.29, 0.717) is 6.42 Å². The van der Waals surface area contributed by atoms with Gasteiger partial charge in [-0.25, -0.2) is 0 Å². The number of aliphatic hydroxyl groups excluding tert-OH is 1. The van der Waals surface area contributed by atoms with Gasteiger partial charge in [0.2, 0.25) is 0 Å². The van der Waals surface area contributed by atoms with Crippen LogP contribution >= 0.6 is 0 Å². The molecule has 122 valence electrons. The third kappa shape index (κ3) is 1.64. The summed E-state index contributed by atoms with van der Waals surface area (Å²) in [5.41, 5.74) is 0. The van der Waals surface area contributed by atoms with Gasteiger partial charge in [0.1, 0.15) is 6.10 Å². The second kappa shape index (κ2) is 4.08. The van der Waals surface area contributed by atoms with Gasteiger partial charge in [0.15, 0.2) is 0 Å². The number of hydrogen-bond donors (Lipinski definition) is 2. The van der Waals surface area contributed by atoms with E-state index in [4.69, 9.17) is 0 Å². The average molecular weight is 316 g/mol. The molecule has 2 aliphatic carbocycles. The number of halogens is 5. The molecule has 1 heterocycles. The molecule has 1 aliphatic heterocycles. The van der Waals surface area contributed by atoms with E-state index in [9.17, 15) is 32.2 Å². The summed E-state index contributed by atoms with van der Waals surface area (Å²) in [6.45, 7) is 3.68. The van der Waals surface area contributed by atoms with Crippen molar-refractivity contribution >= 4 is 0 Å². The Labute approximate surface area is 118 Å². The van der Waals surface area contributed by atoms with Crippen LogP contribution in [0.15, 0.2) is 0 Å². The number of aliphatic hydroxyl groups is 2. The quantitative estimate of drug-likeness (QED) is 0.674. The lowest BCUT2D eigenvalue weighted by atomic mass is 9.68. The van der Waals surface area contributed by atoms with E-state index >= 15 is 0 Å². The summed E-state index contributed by atoms with van der Waals surface area (Å²) in [4.78, 5) is 0. The van der Waals surface area contributed by atoms with Gasteiger partial charge in [-0.1, -0.05) is 13.8 Å². The maximum Gasteiger partial charge on any atom is 0.449 e. The number of alkyl halides is 5. The fourth-order valence-electron chi connectivity index (χ4n) is 4.55. The normalized spacial score (nSPS) is 55.6. The monoisotopic (exact) mass is 316 g/mol. The smallest absolute Gasteiger partial charge is 0.386 e. The Morgan fingerprint density at radius 2 is 1.62 bits per heavy atom. The molecule has 0 aromatic heterocycles. The molecule has 2 saturated carbocycles. The van der Waals surface area contributed by atoms with Crippen LogP contribution in [0.4, 0.5) is 22.0 Å². The topological polar surface area (TPSA) is 49.7 Å². The Bertz CT molecular complexity index is 454. The lowest BCUT2D eigenvalue weighted by Gasteiger charge is -2.52. The Balaban J connectivity index is 2.03. The van der Waals surface area contributed by atoms with Crippen molar-refractivity contribution in [2.75, 3.05) is 0 Å². The first kappa shape index (κ1) is 15.4. The molecule has 0 spiro atoms. The molecule has 8 heteroatoms. The first-order chi connectivity index (χ1) is 9.43. The zero-order valence-electron chi connectivity index (χ0n) is 11.4. The van der Waals surface area contributed by atoms with Crippen molar-refractivity contribution in [2.45, 2.75) is 50.4 Å². The van der Waals surface area contributed by atoms with Gasteiger partial charge < -0.3 is 14.9 Å². The van der Waals surface area contributed by atoms with Crippen LogP contribution in [-0.4, -0.2) is 40.3 Å². The summed E-state index contributed by atoms with van der Waals surface area (Å²) in [5.74, 6) is -11.1. The van der Waals surface area contributed by atoms with Gasteiger partial charge in [0, 0.05) is 5.92 Å². The zero-order chi connectivity index (χ0) is 16.0. The van der Waals surface area contributed by atoms with Crippen LogP contribution in [0.25, 0.3) is 0 Å². The molecule has 0 aromatic rings. The minimum atomic E-state index is -5.68. The highest BCUT2D eigenvalue weighted by atomic mass is 19.4. The molecule has 2 N–H and O–H groups in total. The third-order valence-electron chi connectivity index (χ3n) is 5.90. The second-order valence-corrected chi connectivity index (χ2v) is 6.65. The number of ether oxygens (including phenoxy) is 1. The van der Waals surface area contributed by atoms with Crippen LogP contribution in [0.2, 0.25) is 0 Å². The van der Waals surface area contributed by atoms with E-state index in [1.807, 2.05) is 13.8 Å². The van der Waals surface area contributed by atoms with E-state index in [-0.39, 0.29) is 23.7 Å². The summed E-state index contributed by atoms with van der Waals surface area (Å²) < 4.78 is 71.2. The van der Waals surface area contributed by atoms with Crippen molar-refractivity contribution in [1.29, 1.82) is 0 Å². The molecule has 8 unspecified atom stereocenters. The van der Waals surface area contributed by atoms with Crippen molar-refractivity contribution in [2.24, 2.45) is 29.6 Å². The van der Waals surface area contributed by atoms with Gasteiger partial charge in [-0.05, 0) is 30.1 Å². The molecule has 0 radical (unpaired) electrons. The lowest BCUT2D eigenvalue weighted by Crippen LogP contribution is -2.73. The molecule has 3 rings (SSSR count). The largest absolute Gasteiger partial charge is 0.449 e. The number of fused-ring (bicyclic) bond motifs is 5. The first-order valence-electron chi connectivity index (χ1n) is 6.96. The summed E-state index contributed by atoms with van der Waals surface area (Å²) in [7, 11) is 0. The zero-order valence-corrected chi connectivity index (χ0v) is 11.4. The van der Waals surface area contributed by atoms with Crippen molar-refractivity contribution in [3.8, 4) is 0 Å². The molecule has 0 aromatic carbocycles. The molecular weight excluding hydrogens is 299 g/mol. The van der Waals surface area contributed by atoms with Crippen molar-refractivity contribution in [3.05, 3.63) is 0 Å². The maximum absolute atomic E-state index is 14.0. The van der Waals surface area contributed by atoms with Crippen molar-refractivity contribution < 1.29 is 36.9 Å². The summed E-state index contributed by atoms with van der Waals surface area (Å²) in [5, 5.41) is 19.3. The molecule has 0 amide bonds. The van der Waals surface area contributed by atoms with Gasteiger partial charge in [-0.3, -0.25) is 0 Å². The Morgan fingerprint density at radius 3 is 2.14 bits per heavy atom. The molecule has 1 saturated heterocycles. The van der Waals surface area contributed by atoms with E-state index < -0.39 is 36.0 Å². The van der Waals surface area contributed by atoms with E-state index in [1.165, 1.54) is 0 Å². The predicted octanol–water partition coefficient (Wildman–Crippen LogP) is 2.17. The van der Waals surface area contributed by atoms with Crippen molar-refractivity contribution in [3.63, 3.8) is 0 Å². The molecule has 3 aliphatic rings. The maximum atomic E-state index is 14.0. The summed E-state index contributed by atoms with van der Waals surface area (Å²) in [6, 6.07) is 0. The molecular formula is C13H17F5O3. The molecule has 3 fully saturated rings. The van der Waals surface area contributed by atoms with Gasteiger partial charge >= 0.3 is 17.9 Å². The number of rotatable bonds is 0. The van der Waals surface area contributed by atoms with E-state index in [0.717, 1.165) is 0 Å². The van der Waals surface area contributed by atoms with Crippen LogP contribution in [-0.2, 0) is 4.74 Å². The van der Waals surface area contributed by atoms with Crippen molar-refractivity contribution in [1.82, 2.24) is 0 Å². The van der Waals surface area contributed by atoms with Crippen LogP contribution in [0.5, 0.6) is 0 Å². The molecule has 2 bridgehead atoms. The molecule has 8 atom stereocenters. The van der Waals surface area contributed by atoms with Crippen LogP contribution < -0.4 is 0 Å². The summed E-state index contributed by atoms with van der Waals surface area (Å²) in [6.07, 6.45) is -8.99. The highest BCUT2D eigenvalue weighted by Gasteiger charge is 2.80. The molecule has 21 heavy (non-hydrogen) atoms. The van der Waals surface area contributed by atoms with Gasteiger partial charge in [-0.15, -0.1) is 0 Å². The Kier molecular flexibility index (Phi) is 3.00. The third-order valence-corrected chi connectivity index (χ3v) is 5.90. The number of hydrogen-bond acceptors (Lipinski definition) is 3. The standard InChI is InChI=1S/C13H17F5O3/c1-4-5(2)7-3-6(4)8-9(7)21-12(20,13(16,17)18)11(14,15)10(8)19/h4-10,19-20H,3H2,1-2H3. The van der Waals surface area contributed by atoms with Gasteiger partial charge in [-0.2, -0.15) is 22.0 Å². The van der Waals surface area contributed by atoms with E-state index in [2.05, 4.69) is 4.74 Å². The van der Waals surface area contributed by atoms with Crippen LogP contribution in [0.3, 0.4) is 0 Å². The minimum absolute atomic E-state index is 0.00709. The minimum Gasteiger partial charge on any atom is -0.386 e. The SMILES string of the molecule is CC1C(C)C2CC1C1OC(O)(C(F)(F)F)C(F)(F)C(O)C21. The summed E-state index contributed by atoms with van der Waals surface area (Å²) >= 11 is 0. The Morgan fingerprint density at radius 1 is 1.10 bits per heavy atom. The fraction of sp³-hybridized carbons (Fsp3) is 1.00. The molecule has 3 nitrogen and oxygen atoms in total. The van der Waals surface area contributed by atoms with Crippen LogP contribution in [0, 0.1) is 29.6 Å². The predicted molar refractivity (Wildman–Crippen MR) is 60.2 cm³/mol. The highest BCUT2D eigenvalue weighted by molar-refractivity contribution is 5.14.